The lowest BCUT2D eigenvalue weighted by molar-refractivity contribution is 0.0721. The van der Waals surface area contributed by atoms with Gasteiger partial charge in [0.25, 0.3) is 11.5 Å². The molecule has 36 heavy (non-hydrogen) atoms. The van der Waals surface area contributed by atoms with Crippen LogP contribution in [0.15, 0.2) is 77.6 Å². The molecule has 9 nitrogen and oxygen atoms in total. The number of anilines is 1. The van der Waals surface area contributed by atoms with Gasteiger partial charge in [-0.1, -0.05) is 48.5 Å². The first kappa shape index (κ1) is 23.4. The number of aromatic nitrogens is 4. The van der Waals surface area contributed by atoms with Crippen LogP contribution >= 0.6 is 0 Å². The fourth-order valence-corrected chi connectivity index (χ4v) is 4.14. The Morgan fingerprint density at radius 2 is 1.56 bits per heavy atom. The minimum atomic E-state index is -0.234. The van der Waals surface area contributed by atoms with E-state index in [1.54, 1.807) is 18.1 Å². The Morgan fingerprint density at radius 3 is 2.33 bits per heavy atom. The van der Waals surface area contributed by atoms with Crippen molar-refractivity contribution < 1.29 is 14.3 Å². The molecule has 2 aromatic heterocycles. The molecule has 0 aliphatic heterocycles. The van der Waals surface area contributed by atoms with Crippen LogP contribution in [-0.4, -0.2) is 59.8 Å². The molecular formula is C27H25N5O4. The number of nitrogens with one attached hydrogen (secondary N) is 2. The summed E-state index contributed by atoms with van der Waals surface area (Å²) in [4.78, 5) is 27.4. The first-order valence-electron chi connectivity index (χ1n) is 11.6. The van der Waals surface area contributed by atoms with Crippen molar-refractivity contribution in [3.05, 3.63) is 88.8 Å². The molecule has 2 heterocycles. The van der Waals surface area contributed by atoms with Crippen LogP contribution in [0.25, 0.3) is 32.9 Å². The number of methoxy groups -OCH3 is 1. The molecule has 0 fully saturated rings. The highest BCUT2D eigenvalue weighted by Gasteiger charge is 2.22. The molecule has 0 saturated heterocycles. The van der Waals surface area contributed by atoms with Gasteiger partial charge in [-0.05, 0) is 24.3 Å². The van der Waals surface area contributed by atoms with Gasteiger partial charge in [0, 0.05) is 35.7 Å². The van der Waals surface area contributed by atoms with E-state index >= 15 is 0 Å². The van der Waals surface area contributed by atoms with Gasteiger partial charge in [0.2, 0.25) is 0 Å². The predicted molar refractivity (Wildman–Crippen MR) is 138 cm³/mol. The van der Waals surface area contributed by atoms with Crippen LogP contribution in [-0.2, 0) is 9.47 Å². The second kappa shape index (κ2) is 10.5. The third kappa shape index (κ3) is 4.61. The Morgan fingerprint density at radius 1 is 0.833 bits per heavy atom. The number of carbonyl (C=O) groups is 1. The molecule has 0 unspecified atom stereocenters. The average molecular weight is 484 g/mol. The number of carbonyl (C=O) groups excluding carboxylic acids is 1. The van der Waals surface area contributed by atoms with Gasteiger partial charge >= 0.3 is 0 Å². The van der Waals surface area contributed by atoms with Crippen molar-refractivity contribution in [1.29, 1.82) is 0 Å². The molecule has 182 valence electrons. The summed E-state index contributed by atoms with van der Waals surface area (Å²) in [6.45, 7) is 1.59. The van der Waals surface area contributed by atoms with Crippen LogP contribution in [0.3, 0.4) is 0 Å². The number of para-hydroxylation sites is 1. The number of amides is 1. The minimum Gasteiger partial charge on any atom is -0.382 e. The van der Waals surface area contributed by atoms with Crippen molar-refractivity contribution in [1.82, 2.24) is 20.4 Å². The number of ether oxygens (including phenoxy) is 2. The van der Waals surface area contributed by atoms with Gasteiger partial charge in [0.05, 0.1) is 36.4 Å². The number of H-pyrrole nitrogens is 2. The number of rotatable bonds is 9. The van der Waals surface area contributed by atoms with Crippen molar-refractivity contribution in [2.24, 2.45) is 0 Å². The average Bonchev–Trinajstić information content (AvgIpc) is 3.35. The third-order valence-electron chi connectivity index (χ3n) is 5.96. The Kier molecular flexibility index (Phi) is 6.83. The Hall–Kier alpha value is -4.34. The number of hydrogen-bond donors (Lipinski definition) is 2. The molecule has 1 amide bonds. The molecule has 5 aromatic rings. The Labute approximate surface area is 206 Å². The monoisotopic (exact) mass is 483 g/mol. The summed E-state index contributed by atoms with van der Waals surface area (Å²) in [6, 6.07) is 22.4. The highest BCUT2D eigenvalue weighted by atomic mass is 16.5. The van der Waals surface area contributed by atoms with E-state index in [0.717, 1.165) is 21.9 Å². The summed E-state index contributed by atoms with van der Waals surface area (Å²) < 4.78 is 10.7. The molecule has 0 bridgehead atoms. The molecule has 0 spiro atoms. The van der Waals surface area contributed by atoms with E-state index in [1.807, 2.05) is 66.7 Å². The van der Waals surface area contributed by atoms with Gasteiger partial charge in [0.1, 0.15) is 0 Å². The lowest BCUT2D eigenvalue weighted by Crippen LogP contribution is -2.34. The maximum absolute atomic E-state index is 13.6. The van der Waals surface area contributed by atoms with Gasteiger partial charge in [-0.15, -0.1) is 0 Å². The Bertz CT molecular complexity index is 1560. The quantitative estimate of drug-likeness (QED) is 0.309. The fourth-order valence-electron chi connectivity index (χ4n) is 4.14. The van der Waals surface area contributed by atoms with Crippen LogP contribution in [0.1, 0.15) is 10.5 Å². The fraction of sp³-hybridized carbons (Fsp3) is 0.185. The highest BCUT2D eigenvalue weighted by molar-refractivity contribution is 6.12. The van der Waals surface area contributed by atoms with E-state index in [9.17, 15) is 9.59 Å². The lowest BCUT2D eigenvalue weighted by Gasteiger charge is -2.22. The minimum absolute atomic E-state index is 0.233. The van der Waals surface area contributed by atoms with E-state index in [0.29, 0.717) is 48.8 Å². The van der Waals surface area contributed by atoms with E-state index in [-0.39, 0.29) is 11.5 Å². The zero-order valence-electron chi connectivity index (χ0n) is 19.7. The second-order valence-corrected chi connectivity index (χ2v) is 8.17. The number of benzene rings is 3. The number of fused-ring (bicyclic) bond motifs is 2. The molecule has 0 aliphatic rings. The summed E-state index contributed by atoms with van der Waals surface area (Å²) in [7, 11) is 1.61. The molecule has 0 atom stereocenters. The van der Waals surface area contributed by atoms with Crippen LogP contribution < -0.4 is 10.5 Å². The van der Waals surface area contributed by atoms with Crippen molar-refractivity contribution in [3.63, 3.8) is 0 Å². The Balaban J connectivity index is 1.47. The molecule has 2 N–H and O–H groups in total. The van der Waals surface area contributed by atoms with Crippen LogP contribution in [0.4, 0.5) is 5.69 Å². The number of aromatic amines is 2. The van der Waals surface area contributed by atoms with Gasteiger partial charge in [-0.2, -0.15) is 10.2 Å². The maximum atomic E-state index is 13.6. The summed E-state index contributed by atoms with van der Waals surface area (Å²) in [5.74, 6) is -0.233. The van der Waals surface area contributed by atoms with E-state index in [4.69, 9.17) is 9.47 Å². The van der Waals surface area contributed by atoms with Crippen molar-refractivity contribution in [3.8, 4) is 11.3 Å². The van der Waals surface area contributed by atoms with Crippen LogP contribution in [0, 0.1) is 0 Å². The van der Waals surface area contributed by atoms with Crippen molar-refractivity contribution in [2.75, 3.05) is 38.4 Å². The molecule has 9 heteroatoms. The van der Waals surface area contributed by atoms with Crippen LogP contribution in [0.5, 0.6) is 0 Å². The SMILES string of the molecule is COCCOCCN(C(=O)c1n[nH]c2ccccc12)c1ccc(-c2n[nH]c(=O)c3ccccc23)cc1. The van der Waals surface area contributed by atoms with Gasteiger partial charge < -0.3 is 14.4 Å². The summed E-state index contributed by atoms with van der Waals surface area (Å²) in [6.07, 6.45) is 0. The van der Waals surface area contributed by atoms with Crippen LogP contribution in [0.2, 0.25) is 0 Å². The lowest BCUT2D eigenvalue weighted by atomic mass is 10.0. The molecule has 0 radical (unpaired) electrons. The number of nitrogens with zero attached hydrogens (tertiary/aromatic N) is 3. The topological polar surface area (TPSA) is 113 Å². The number of hydrogen-bond acceptors (Lipinski definition) is 6. The first-order valence-corrected chi connectivity index (χ1v) is 11.6. The maximum Gasteiger partial charge on any atom is 0.279 e. The largest absolute Gasteiger partial charge is 0.382 e. The second-order valence-electron chi connectivity index (χ2n) is 8.17. The predicted octanol–water partition coefficient (Wildman–Crippen LogP) is 3.78. The first-order chi connectivity index (χ1) is 17.7. The smallest absolute Gasteiger partial charge is 0.279 e. The molecule has 5 rings (SSSR count). The van der Waals surface area contributed by atoms with E-state index in [1.165, 1.54) is 0 Å². The van der Waals surface area contributed by atoms with E-state index in [2.05, 4.69) is 20.4 Å². The van der Waals surface area contributed by atoms with Crippen molar-refractivity contribution >= 4 is 33.3 Å². The molecule has 0 saturated carbocycles. The zero-order chi connectivity index (χ0) is 24.9. The summed E-state index contributed by atoms with van der Waals surface area (Å²) in [5.41, 5.74) is 3.08. The van der Waals surface area contributed by atoms with Crippen molar-refractivity contribution in [2.45, 2.75) is 0 Å². The summed E-state index contributed by atoms with van der Waals surface area (Å²) in [5, 5.41) is 16.1. The molecular weight excluding hydrogens is 458 g/mol. The van der Waals surface area contributed by atoms with Gasteiger partial charge in [-0.3, -0.25) is 14.7 Å². The molecule has 0 aliphatic carbocycles. The summed E-state index contributed by atoms with van der Waals surface area (Å²) >= 11 is 0. The zero-order valence-corrected chi connectivity index (χ0v) is 19.7. The van der Waals surface area contributed by atoms with E-state index < -0.39 is 0 Å². The van der Waals surface area contributed by atoms with Gasteiger partial charge in [0.15, 0.2) is 5.69 Å². The third-order valence-corrected chi connectivity index (χ3v) is 5.96. The highest BCUT2D eigenvalue weighted by Crippen LogP contribution is 2.27. The van der Waals surface area contributed by atoms with Gasteiger partial charge in [-0.25, -0.2) is 5.10 Å². The standard InChI is InChI=1S/C27H25N5O4/c1-35-16-17-36-15-14-32(27(34)25-22-8-4-5-9-23(22)28-30-25)19-12-10-18(11-13-19)24-20-6-2-3-7-21(20)26(33)31-29-24/h2-13H,14-17H2,1H3,(H,28,30)(H,31,33). The molecule has 3 aromatic carbocycles. The normalized spacial score (nSPS) is 11.2.